The third kappa shape index (κ3) is 5.26. The van der Waals surface area contributed by atoms with Gasteiger partial charge < -0.3 is 19.9 Å². The van der Waals surface area contributed by atoms with Crippen molar-refractivity contribution < 1.29 is 19.4 Å². The van der Waals surface area contributed by atoms with Gasteiger partial charge in [-0.15, -0.1) is 0 Å². The van der Waals surface area contributed by atoms with Crippen LogP contribution in [0.3, 0.4) is 0 Å². The van der Waals surface area contributed by atoms with Crippen LogP contribution in [-0.4, -0.2) is 29.3 Å². The maximum atomic E-state index is 11.9. The number of fused-ring (bicyclic) bond motifs is 3. The van der Waals surface area contributed by atoms with E-state index in [1.54, 1.807) is 0 Å². The molecule has 2 aliphatic rings. The highest BCUT2D eigenvalue weighted by Gasteiger charge is 2.41. The molecule has 1 aliphatic carbocycles. The number of anilines is 1. The molecule has 4 rings (SSSR count). The van der Waals surface area contributed by atoms with Gasteiger partial charge >= 0.3 is 5.97 Å². The van der Waals surface area contributed by atoms with E-state index in [1.807, 2.05) is 18.2 Å². The Morgan fingerprint density at radius 3 is 2.75 bits per heavy atom. The van der Waals surface area contributed by atoms with Crippen LogP contribution in [0, 0.1) is 5.92 Å². The van der Waals surface area contributed by atoms with Gasteiger partial charge in [0.1, 0.15) is 11.5 Å². The van der Waals surface area contributed by atoms with Crippen molar-refractivity contribution >= 4 is 11.7 Å². The first-order valence-electron chi connectivity index (χ1n) is 11.9. The number of ether oxygens (including phenoxy) is 2. The fraction of sp³-hybridized carbons (Fsp3) is 0.519. The van der Waals surface area contributed by atoms with E-state index < -0.39 is 0 Å². The van der Waals surface area contributed by atoms with E-state index in [9.17, 15) is 9.90 Å². The van der Waals surface area contributed by atoms with Gasteiger partial charge in [-0.1, -0.05) is 30.3 Å². The van der Waals surface area contributed by atoms with Gasteiger partial charge in [0, 0.05) is 36.3 Å². The third-order valence-electron chi connectivity index (χ3n) is 6.90. The smallest absolute Gasteiger partial charge is 0.308 e. The van der Waals surface area contributed by atoms with Gasteiger partial charge in [-0.05, 0) is 69.8 Å². The van der Waals surface area contributed by atoms with Crippen LogP contribution in [0.1, 0.15) is 69.9 Å². The molecule has 0 saturated heterocycles. The van der Waals surface area contributed by atoms with Crippen LogP contribution in [0.2, 0.25) is 0 Å². The summed E-state index contributed by atoms with van der Waals surface area (Å²) >= 11 is 0. The van der Waals surface area contributed by atoms with Gasteiger partial charge in [-0.2, -0.15) is 0 Å². The average molecular weight is 438 g/mol. The lowest BCUT2D eigenvalue weighted by Gasteiger charge is -2.44. The quantitative estimate of drug-likeness (QED) is 0.445. The highest BCUT2D eigenvalue weighted by Crippen LogP contribution is 2.51. The van der Waals surface area contributed by atoms with Crippen LogP contribution in [0.25, 0.3) is 0 Å². The predicted molar refractivity (Wildman–Crippen MR) is 126 cm³/mol. The maximum absolute atomic E-state index is 11.9. The molecule has 1 saturated carbocycles. The van der Waals surface area contributed by atoms with E-state index in [2.05, 4.69) is 43.4 Å². The Bertz CT molecular complexity index is 929. The molecule has 0 spiro atoms. The number of rotatable bonds is 7. The van der Waals surface area contributed by atoms with Crippen LogP contribution in [0.5, 0.6) is 11.5 Å². The van der Waals surface area contributed by atoms with Crippen molar-refractivity contribution in [3.05, 3.63) is 53.6 Å². The molecule has 1 fully saturated rings. The molecule has 2 aromatic rings. The Balaban J connectivity index is 1.51. The Kier molecular flexibility index (Phi) is 7.04. The topological polar surface area (TPSA) is 67.8 Å². The van der Waals surface area contributed by atoms with Gasteiger partial charge in [0.15, 0.2) is 0 Å². The molecular weight excluding hydrogens is 402 g/mol. The molecule has 32 heavy (non-hydrogen) atoms. The van der Waals surface area contributed by atoms with Crippen LogP contribution in [0.15, 0.2) is 42.5 Å². The lowest BCUT2D eigenvalue weighted by molar-refractivity contribution is -0.131. The first kappa shape index (κ1) is 22.7. The molecule has 2 aromatic carbocycles. The summed E-state index contributed by atoms with van der Waals surface area (Å²) in [5.74, 6) is 1.53. The molecule has 0 radical (unpaired) electrons. The van der Waals surface area contributed by atoms with E-state index >= 15 is 0 Å². The summed E-state index contributed by atoms with van der Waals surface area (Å²) in [6.45, 7) is 5.71. The van der Waals surface area contributed by atoms with E-state index in [4.69, 9.17) is 9.47 Å². The Morgan fingerprint density at radius 2 is 2.00 bits per heavy atom. The SMILES string of the molecule is CC(=O)Oc1cc(O[C@H](C)CCCc2ccccc2)cc2c1C1CC(O)CCC1C(C)N2. The summed E-state index contributed by atoms with van der Waals surface area (Å²) in [5, 5.41) is 13.9. The summed E-state index contributed by atoms with van der Waals surface area (Å²) in [7, 11) is 0. The van der Waals surface area contributed by atoms with Crippen LogP contribution >= 0.6 is 0 Å². The number of aryl methyl sites for hydroxylation is 1. The molecule has 0 aromatic heterocycles. The maximum Gasteiger partial charge on any atom is 0.308 e. The number of carbonyl (C=O) groups excluding carboxylic acids is 1. The normalized spacial score (nSPS) is 25.1. The van der Waals surface area contributed by atoms with E-state index in [0.717, 1.165) is 43.4 Å². The lowest BCUT2D eigenvalue weighted by Crippen LogP contribution is -2.40. The minimum absolute atomic E-state index is 0.0483. The van der Waals surface area contributed by atoms with Gasteiger partial charge in [-0.25, -0.2) is 0 Å². The number of hydrogen-bond donors (Lipinski definition) is 2. The fourth-order valence-electron chi connectivity index (χ4n) is 5.39. The lowest BCUT2D eigenvalue weighted by atomic mass is 9.68. The number of esters is 1. The molecule has 0 bridgehead atoms. The second-order valence-corrected chi connectivity index (χ2v) is 9.45. The first-order valence-corrected chi connectivity index (χ1v) is 11.9. The number of hydrogen-bond acceptors (Lipinski definition) is 5. The Morgan fingerprint density at radius 1 is 1.22 bits per heavy atom. The van der Waals surface area contributed by atoms with Crippen LogP contribution in [-0.2, 0) is 11.2 Å². The van der Waals surface area contributed by atoms with Crippen molar-refractivity contribution in [3.8, 4) is 11.5 Å². The number of carbonyl (C=O) groups is 1. The number of benzene rings is 2. The average Bonchev–Trinajstić information content (AvgIpc) is 2.73. The molecule has 5 heteroatoms. The fourth-order valence-corrected chi connectivity index (χ4v) is 5.39. The summed E-state index contributed by atoms with van der Waals surface area (Å²) in [5.41, 5.74) is 3.30. The molecule has 2 N–H and O–H groups in total. The second-order valence-electron chi connectivity index (χ2n) is 9.45. The van der Waals surface area contributed by atoms with Crippen LogP contribution < -0.4 is 14.8 Å². The van der Waals surface area contributed by atoms with Crippen molar-refractivity contribution in [3.63, 3.8) is 0 Å². The molecule has 1 aliphatic heterocycles. The van der Waals surface area contributed by atoms with Crippen molar-refractivity contribution in [1.82, 2.24) is 0 Å². The molecule has 5 nitrogen and oxygen atoms in total. The zero-order valence-electron chi connectivity index (χ0n) is 19.3. The minimum atomic E-state index is -0.341. The van der Waals surface area contributed by atoms with Crippen molar-refractivity contribution in [2.75, 3.05) is 5.32 Å². The highest BCUT2D eigenvalue weighted by molar-refractivity contribution is 5.73. The van der Waals surface area contributed by atoms with E-state index in [0.29, 0.717) is 29.9 Å². The number of aliphatic hydroxyl groups is 1. The zero-order chi connectivity index (χ0) is 22.7. The van der Waals surface area contributed by atoms with Crippen molar-refractivity contribution in [2.24, 2.45) is 5.92 Å². The standard InChI is InChI=1S/C27H35NO4/c1-17(8-7-11-20-9-5-4-6-10-20)31-22-15-25-27(26(16-22)32-19(3)29)24-14-21(30)12-13-23(24)18(2)28-25/h4-6,9-10,15-18,21,23-24,28,30H,7-8,11-14H2,1-3H3/t17-,18?,21?,23?,24?/m1/s1. The van der Waals surface area contributed by atoms with E-state index in [-0.39, 0.29) is 24.1 Å². The van der Waals surface area contributed by atoms with Gasteiger partial charge in [0.05, 0.1) is 12.2 Å². The molecule has 1 heterocycles. The van der Waals surface area contributed by atoms with Gasteiger partial charge in [-0.3, -0.25) is 4.79 Å². The third-order valence-corrected chi connectivity index (χ3v) is 6.90. The molecule has 4 unspecified atom stereocenters. The predicted octanol–water partition coefficient (Wildman–Crippen LogP) is 5.46. The summed E-state index contributed by atoms with van der Waals surface area (Å²) in [6, 6.07) is 14.7. The van der Waals surface area contributed by atoms with Crippen LogP contribution in [0.4, 0.5) is 5.69 Å². The summed E-state index contributed by atoms with van der Waals surface area (Å²) in [6.07, 6.45) is 5.25. The minimum Gasteiger partial charge on any atom is -0.491 e. The Hall–Kier alpha value is -2.53. The summed E-state index contributed by atoms with van der Waals surface area (Å²) < 4.78 is 11.9. The number of aliphatic hydroxyl groups excluding tert-OH is 1. The molecule has 172 valence electrons. The monoisotopic (exact) mass is 437 g/mol. The molecule has 5 atom stereocenters. The van der Waals surface area contributed by atoms with Gasteiger partial charge in [0.2, 0.25) is 0 Å². The second kappa shape index (κ2) is 9.95. The number of nitrogens with one attached hydrogen (secondary N) is 1. The molecule has 0 amide bonds. The Labute approximate surface area is 191 Å². The van der Waals surface area contributed by atoms with Crippen molar-refractivity contribution in [1.29, 1.82) is 0 Å². The van der Waals surface area contributed by atoms with Crippen molar-refractivity contribution in [2.45, 2.75) is 83.5 Å². The zero-order valence-corrected chi connectivity index (χ0v) is 19.3. The first-order chi connectivity index (χ1) is 15.4. The largest absolute Gasteiger partial charge is 0.491 e. The summed E-state index contributed by atoms with van der Waals surface area (Å²) in [4.78, 5) is 11.9. The highest BCUT2D eigenvalue weighted by atomic mass is 16.5. The molecular formula is C27H35NO4. The van der Waals surface area contributed by atoms with Gasteiger partial charge in [0.25, 0.3) is 0 Å². The van der Waals surface area contributed by atoms with E-state index in [1.165, 1.54) is 12.5 Å².